The molecule has 0 radical (unpaired) electrons. The van der Waals surface area contributed by atoms with Gasteiger partial charge in [-0.25, -0.2) is 0 Å². The fourth-order valence-electron chi connectivity index (χ4n) is 3.45. The van der Waals surface area contributed by atoms with E-state index >= 15 is 0 Å². The lowest BCUT2D eigenvalue weighted by Gasteiger charge is -2.40. The first-order valence-electron chi connectivity index (χ1n) is 6.52. The van der Waals surface area contributed by atoms with Crippen molar-refractivity contribution < 1.29 is 4.79 Å². The highest BCUT2D eigenvalue weighted by molar-refractivity contribution is 5.83. The van der Waals surface area contributed by atoms with Crippen LogP contribution in [0.25, 0.3) is 0 Å². The summed E-state index contributed by atoms with van der Waals surface area (Å²) in [5, 5.41) is 0. The standard InChI is InChI=1S/C13H23NO/c1-3-13(15)10(2)14-9-5-7-11-6-4-8-12(11)14/h10-12H,3-9H2,1-2H3. The van der Waals surface area contributed by atoms with Crippen molar-refractivity contribution in [2.75, 3.05) is 6.54 Å². The highest BCUT2D eigenvalue weighted by Gasteiger charge is 2.38. The van der Waals surface area contributed by atoms with E-state index in [0.717, 1.165) is 18.5 Å². The van der Waals surface area contributed by atoms with Crippen LogP contribution < -0.4 is 0 Å². The number of carbonyl (C=O) groups excluding carboxylic acids is 1. The molecule has 2 aliphatic rings. The predicted molar refractivity (Wildman–Crippen MR) is 61.8 cm³/mol. The van der Waals surface area contributed by atoms with Crippen LogP contribution in [0.5, 0.6) is 0 Å². The van der Waals surface area contributed by atoms with E-state index in [-0.39, 0.29) is 6.04 Å². The van der Waals surface area contributed by atoms with E-state index < -0.39 is 0 Å². The van der Waals surface area contributed by atoms with Gasteiger partial charge in [0, 0.05) is 12.5 Å². The van der Waals surface area contributed by atoms with Gasteiger partial charge in [0.1, 0.15) is 5.78 Å². The molecule has 1 aliphatic heterocycles. The number of Topliss-reactive ketones (excluding diaryl/α,β-unsaturated/α-hetero) is 1. The molecule has 0 aromatic rings. The molecule has 0 spiro atoms. The third-order valence-corrected chi connectivity index (χ3v) is 4.35. The van der Waals surface area contributed by atoms with Gasteiger partial charge in [-0.3, -0.25) is 9.69 Å². The number of ketones is 1. The van der Waals surface area contributed by atoms with E-state index in [4.69, 9.17) is 0 Å². The van der Waals surface area contributed by atoms with E-state index in [9.17, 15) is 4.79 Å². The Kier molecular flexibility index (Phi) is 3.45. The first-order valence-corrected chi connectivity index (χ1v) is 6.52. The molecule has 1 aliphatic carbocycles. The second-order valence-electron chi connectivity index (χ2n) is 5.13. The van der Waals surface area contributed by atoms with Gasteiger partial charge in [0.25, 0.3) is 0 Å². The Labute approximate surface area is 93.0 Å². The van der Waals surface area contributed by atoms with E-state index in [0.29, 0.717) is 12.2 Å². The van der Waals surface area contributed by atoms with Gasteiger partial charge in [-0.05, 0) is 45.1 Å². The SMILES string of the molecule is CCC(=O)C(C)N1CCCC2CCCC21. The monoisotopic (exact) mass is 209 g/mol. The van der Waals surface area contributed by atoms with Crippen LogP contribution in [0.15, 0.2) is 0 Å². The maximum atomic E-state index is 11.8. The molecule has 0 N–H and O–H groups in total. The van der Waals surface area contributed by atoms with Crippen LogP contribution in [0.4, 0.5) is 0 Å². The lowest BCUT2D eigenvalue weighted by Crippen LogP contribution is -2.50. The summed E-state index contributed by atoms with van der Waals surface area (Å²) in [5.41, 5.74) is 0. The van der Waals surface area contributed by atoms with Crippen LogP contribution in [0.3, 0.4) is 0 Å². The number of rotatable bonds is 3. The maximum absolute atomic E-state index is 11.8. The van der Waals surface area contributed by atoms with Crippen LogP contribution in [-0.4, -0.2) is 29.3 Å². The summed E-state index contributed by atoms with van der Waals surface area (Å²) in [6.07, 6.45) is 7.48. The quantitative estimate of drug-likeness (QED) is 0.712. The van der Waals surface area contributed by atoms with Crippen molar-refractivity contribution in [2.45, 2.75) is 64.5 Å². The summed E-state index contributed by atoms with van der Waals surface area (Å²) < 4.78 is 0. The Morgan fingerprint density at radius 2 is 2.07 bits per heavy atom. The first-order chi connectivity index (χ1) is 7.24. The molecule has 2 fully saturated rings. The van der Waals surface area contributed by atoms with Crippen molar-refractivity contribution in [2.24, 2.45) is 5.92 Å². The second kappa shape index (κ2) is 4.65. The van der Waals surface area contributed by atoms with Crippen molar-refractivity contribution in [3.05, 3.63) is 0 Å². The highest BCUT2D eigenvalue weighted by Crippen LogP contribution is 2.37. The molecule has 1 saturated carbocycles. The zero-order valence-corrected chi connectivity index (χ0v) is 10.0. The molecule has 3 atom stereocenters. The third kappa shape index (κ3) is 2.10. The Morgan fingerprint density at radius 1 is 1.33 bits per heavy atom. The number of nitrogens with zero attached hydrogens (tertiary/aromatic N) is 1. The van der Waals surface area contributed by atoms with Gasteiger partial charge in [0.2, 0.25) is 0 Å². The maximum Gasteiger partial charge on any atom is 0.149 e. The molecule has 2 rings (SSSR count). The van der Waals surface area contributed by atoms with Crippen molar-refractivity contribution in [3.8, 4) is 0 Å². The third-order valence-electron chi connectivity index (χ3n) is 4.35. The summed E-state index contributed by atoms with van der Waals surface area (Å²) in [4.78, 5) is 14.3. The Morgan fingerprint density at radius 3 is 2.80 bits per heavy atom. The molecule has 1 heterocycles. The minimum absolute atomic E-state index is 0.167. The Balaban J connectivity index is 2.03. The summed E-state index contributed by atoms with van der Waals surface area (Å²) in [5.74, 6) is 1.31. The zero-order chi connectivity index (χ0) is 10.8. The van der Waals surface area contributed by atoms with Crippen LogP contribution in [0.2, 0.25) is 0 Å². The van der Waals surface area contributed by atoms with E-state index in [1.165, 1.54) is 32.1 Å². The zero-order valence-electron chi connectivity index (χ0n) is 10.0. The number of hydrogen-bond acceptors (Lipinski definition) is 2. The van der Waals surface area contributed by atoms with Gasteiger partial charge in [0.15, 0.2) is 0 Å². The molecule has 15 heavy (non-hydrogen) atoms. The smallest absolute Gasteiger partial charge is 0.149 e. The molecular formula is C13H23NO. The molecule has 0 aromatic carbocycles. The van der Waals surface area contributed by atoms with Crippen molar-refractivity contribution in [1.29, 1.82) is 0 Å². The van der Waals surface area contributed by atoms with Crippen molar-refractivity contribution in [1.82, 2.24) is 4.90 Å². The van der Waals surface area contributed by atoms with Crippen LogP contribution in [0.1, 0.15) is 52.4 Å². The van der Waals surface area contributed by atoms with Crippen LogP contribution in [-0.2, 0) is 4.79 Å². The molecule has 0 bridgehead atoms. The summed E-state index contributed by atoms with van der Waals surface area (Å²) in [7, 11) is 0. The molecule has 2 heteroatoms. The van der Waals surface area contributed by atoms with Crippen LogP contribution in [0, 0.1) is 5.92 Å². The molecule has 0 aromatic heterocycles. The van der Waals surface area contributed by atoms with Gasteiger partial charge >= 0.3 is 0 Å². The lowest BCUT2D eigenvalue weighted by atomic mass is 9.90. The van der Waals surface area contributed by atoms with Crippen molar-refractivity contribution in [3.63, 3.8) is 0 Å². The molecule has 1 saturated heterocycles. The first kappa shape index (κ1) is 11.1. The summed E-state index contributed by atoms with van der Waals surface area (Å²) >= 11 is 0. The molecule has 0 amide bonds. The number of hydrogen-bond donors (Lipinski definition) is 0. The molecular weight excluding hydrogens is 186 g/mol. The summed E-state index contributed by atoms with van der Waals surface area (Å²) in [6, 6.07) is 0.894. The number of likely N-dealkylation sites (tertiary alicyclic amines) is 1. The topological polar surface area (TPSA) is 20.3 Å². The molecule has 2 nitrogen and oxygen atoms in total. The second-order valence-corrected chi connectivity index (χ2v) is 5.13. The molecule has 3 unspecified atom stereocenters. The summed E-state index contributed by atoms with van der Waals surface area (Å²) in [6.45, 7) is 5.23. The normalized spacial score (nSPS) is 33.7. The Bertz CT molecular complexity index is 239. The fraction of sp³-hybridized carbons (Fsp3) is 0.923. The van der Waals surface area contributed by atoms with Crippen LogP contribution >= 0.6 is 0 Å². The molecule has 86 valence electrons. The Hall–Kier alpha value is -0.370. The minimum atomic E-state index is 0.167. The fourth-order valence-corrected chi connectivity index (χ4v) is 3.45. The van der Waals surface area contributed by atoms with E-state index in [1.54, 1.807) is 0 Å². The minimum Gasteiger partial charge on any atom is -0.298 e. The van der Waals surface area contributed by atoms with Gasteiger partial charge in [-0.2, -0.15) is 0 Å². The van der Waals surface area contributed by atoms with Gasteiger partial charge in [-0.15, -0.1) is 0 Å². The van der Waals surface area contributed by atoms with Gasteiger partial charge in [0.05, 0.1) is 6.04 Å². The van der Waals surface area contributed by atoms with E-state index in [1.807, 2.05) is 6.92 Å². The number of fused-ring (bicyclic) bond motifs is 1. The predicted octanol–water partition coefficient (Wildman–Crippen LogP) is 2.62. The number of carbonyl (C=O) groups is 1. The highest BCUT2D eigenvalue weighted by atomic mass is 16.1. The lowest BCUT2D eigenvalue weighted by molar-refractivity contribution is -0.125. The van der Waals surface area contributed by atoms with Gasteiger partial charge < -0.3 is 0 Å². The number of piperidine rings is 1. The average Bonchev–Trinajstić information content (AvgIpc) is 2.74. The van der Waals surface area contributed by atoms with Crippen molar-refractivity contribution >= 4 is 5.78 Å². The van der Waals surface area contributed by atoms with E-state index in [2.05, 4.69) is 11.8 Å². The largest absolute Gasteiger partial charge is 0.298 e. The van der Waals surface area contributed by atoms with Gasteiger partial charge in [-0.1, -0.05) is 13.3 Å². The average molecular weight is 209 g/mol.